The first kappa shape index (κ1) is 15.4. The summed E-state index contributed by atoms with van der Waals surface area (Å²) < 4.78 is 0. The number of nitriles is 1. The van der Waals surface area contributed by atoms with Gasteiger partial charge in [-0.15, -0.1) is 0 Å². The Kier molecular flexibility index (Phi) is 3.51. The smallest absolute Gasteiger partial charge is 0.123 e. The summed E-state index contributed by atoms with van der Waals surface area (Å²) in [6, 6.07) is 8.31. The number of benzene rings is 1. The van der Waals surface area contributed by atoms with Crippen LogP contribution in [0.3, 0.4) is 0 Å². The third kappa shape index (κ3) is 2.35. The predicted octanol–water partition coefficient (Wildman–Crippen LogP) is 4.07. The SMILES string of the molecule is CC1=NN(Cc2c(Cl)cccc2C2CC2)C2C=C(C#N)C=NC12C. The average Bonchev–Trinajstić information content (AvgIpc) is 3.37. The molecule has 24 heavy (non-hydrogen) atoms. The maximum atomic E-state index is 9.22. The van der Waals surface area contributed by atoms with E-state index in [2.05, 4.69) is 24.1 Å². The van der Waals surface area contributed by atoms with E-state index in [-0.39, 0.29) is 6.04 Å². The van der Waals surface area contributed by atoms with Gasteiger partial charge in [-0.25, -0.2) is 0 Å². The molecule has 1 aromatic rings. The van der Waals surface area contributed by atoms with Gasteiger partial charge in [-0.05, 0) is 55.9 Å². The second-order valence-corrected chi connectivity index (χ2v) is 7.36. The summed E-state index contributed by atoms with van der Waals surface area (Å²) in [6.45, 7) is 4.73. The van der Waals surface area contributed by atoms with Gasteiger partial charge in [0.05, 0.1) is 23.9 Å². The van der Waals surface area contributed by atoms with Crippen molar-refractivity contribution in [3.05, 3.63) is 46.0 Å². The Morgan fingerprint density at radius 3 is 2.92 bits per heavy atom. The minimum Gasteiger partial charge on any atom is -0.283 e. The molecule has 122 valence electrons. The van der Waals surface area contributed by atoms with E-state index < -0.39 is 5.54 Å². The molecule has 4 nitrogen and oxygen atoms in total. The number of hydrogen-bond acceptors (Lipinski definition) is 4. The summed E-state index contributed by atoms with van der Waals surface area (Å²) in [5.74, 6) is 0.632. The van der Waals surface area contributed by atoms with Crippen LogP contribution in [0.25, 0.3) is 0 Å². The molecule has 0 saturated heterocycles. The maximum absolute atomic E-state index is 9.22. The standard InChI is InChI=1S/C19H19ClN4/c1-12-19(2)18(8-13(9-21)10-22-19)24(23-12)11-16-15(14-6-7-14)4-3-5-17(16)20/h3-5,8,10,14,18H,6-7,11H2,1-2H3. The lowest BCUT2D eigenvalue weighted by Gasteiger charge is -2.33. The van der Waals surface area contributed by atoms with E-state index in [9.17, 15) is 5.26 Å². The molecule has 2 heterocycles. The Morgan fingerprint density at radius 2 is 2.21 bits per heavy atom. The Labute approximate surface area is 147 Å². The zero-order chi connectivity index (χ0) is 16.9. The average molecular weight is 339 g/mol. The van der Waals surface area contributed by atoms with E-state index in [0.29, 0.717) is 18.0 Å². The van der Waals surface area contributed by atoms with Gasteiger partial charge in [-0.2, -0.15) is 10.4 Å². The van der Waals surface area contributed by atoms with Gasteiger partial charge in [0.1, 0.15) is 11.6 Å². The number of halogens is 1. The number of hydrazone groups is 1. The molecule has 0 radical (unpaired) electrons. The fraction of sp³-hybridized carbons (Fsp3) is 0.421. The van der Waals surface area contributed by atoms with Gasteiger partial charge in [0.15, 0.2) is 0 Å². The Morgan fingerprint density at radius 1 is 1.42 bits per heavy atom. The summed E-state index contributed by atoms with van der Waals surface area (Å²) in [6.07, 6.45) is 6.10. The third-order valence-corrected chi connectivity index (χ3v) is 5.69. The number of fused-ring (bicyclic) bond motifs is 1. The van der Waals surface area contributed by atoms with Crippen molar-refractivity contribution in [1.29, 1.82) is 5.26 Å². The molecule has 2 atom stereocenters. The fourth-order valence-corrected chi connectivity index (χ4v) is 3.82. The van der Waals surface area contributed by atoms with Crippen LogP contribution in [0, 0.1) is 11.3 Å². The number of dihydropyridines is 1. The molecule has 5 heteroatoms. The molecule has 1 aromatic carbocycles. The molecule has 2 aliphatic heterocycles. The van der Waals surface area contributed by atoms with Crippen LogP contribution in [0.15, 0.2) is 39.9 Å². The van der Waals surface area contributed by atoms with Crippen LogP contribution >= 0.6 is 11.6 Å². The predicted molar refractivity (Wildman–Crippen MR) is 96.5 cm³/mol. The zero-order valence-corrected chi connectivity index (χ0v) is 14.6. The first-order valence-corrected chi connectivity index (χ1v) is 8.67. The Hall–Kier alpha value is -2.12. The van der Waals surface area contributed by atoms with E-state index >= 15 is 0 Å². The molecule has 0 aromatic heterocycles. The highest BCUT2D eigenvalue weighted by Crippen LogP contribution is 2.44. The molecule has 4 rings (SSSR count). The monoisotopic (exact) mass is 338 g/mol. The number of allylic oxidation sites excluding steroid dienone is 1. The molecule has 2 unspecified atom stereocenters. The summed E-state index contributed by atoms with van der Waals surface area (Å²) in [7, 11) is 0. The summed E-state index contributed by atoms with van der Waals surface area (Å²) >= 11 is 6.51. The summed E-state index contributed by atoms with van der Waals surface area (Å²) in [4.78, 5) is 4.62. The van der Waals surface area contributed by atoms with Gasteiger partial charge in [-0.1, -0.05) is 23.7 Å². The lowest BCUT2D eigenvalue weighted by molar-refractivity contribution is 0.220. The lowest BCUT2D eigenvalue weighted by atomic mass is 9.86. The molecule has 1 aliphatic carbocycles. The quantitative estimate of drug-likeness (QED) is 0.834. The number of hydrogen-bond donors (Lipinski definition) is 0. The summed E-state index contributed by atoms with van der Waals surface area (Å²) in [5, 5.41) is 16.8. The van der Waals surface area contributed by atoms with Gasteiger partial charge in [0.2, 0.25) is 0 Å². The van der Waals surface area contributed by atoms with Crippen LogP contribution in [0.4, 0.5) is 0 Å². The molecule has 0 N–H and O–H groups in total. The second-order valence-electron chi connectivity index (χ2n) is 6.95. The normalized spacial score (nSPS) is 28.2. The van der Waals surface area contributed by atoms with Gasteiger partial charge in [0.25, 0.3) is 0 Å². The highest BCUT2D eigenvalue weighted by atomic mass is 35.5. The van der Waals surface area contributed by atoms with Crippen molar-refractivity contribution < 1.29 is 0 Å². The number of rotatable bonds is 3. The van der Waals surface area contributed by atoms with Gasteiger partial charge in [0, 0.05) is 11.2 Å². The molecule has 0 spiro atoms. The van der Waals surface area contributed by atoms with E-state index in [1.807, 2.05) is 30.1 Å². The molecular weight excluding hydrogens is 320 g/mol. The van der Waals surface area contributed by atoms with E-state index in [4.69, 9.17) is 16.7 Å². The van der Waals surface area contributed by atoms with Crippen molar-refractivity contribution in [2.24, 2.45) is 10.1 Å². The molecule has 0 amide bonds. The molecular formula is C19H19ClN4. The maximum Gasteiger partial charge on any atom is 0.123 e. The van der Waals surface area contributed by atoms with Crippen molar-refractivity contribution in [3.8, 4) is 6.07 Å². The highest BCUT2D eigenvalue weighted by Gasteiger charge is 2.46. The van der Waals surface area contributed by atoms with Gasteiger partial charge >= 0.3 is 0 Å². The van der Waals surface area contributed by atoms with Crippen molar-refractivity contribution in [2.75, 3.05) is 0 Å². The largest absolute Gasteiger partial charge is 0.283 e. The zero-order valence-electron chi connectivity index (χ0n) is 13.8. The van der Waals surface area contributed by atoms with Crippen molar-refractivity contribution in [1.82, 2.24) is 5.01 Å². The molecule has 3 aliphatic rings. The molecule has 1 saturated carbocycles. The van der Waals surface area contributed by atoms with Crippen molar-refractivity contribution >= 4 is 23.5 Å². The Bertz CT molecular complexity index is 828. The minimum absolute atomic E-state index is 0.0412. The van der Waals surface area contributed by atoms with E-state index in [1.165, 1.54) is 18.4 Å². The van der Waals surface area contributed by atoms with Crippen LogP contribution in [-0.2, 0) is 6.54 Å². The fourth-order valence-electron chi connectivity index (χ4n) is 3.58. The molecule has 0 bridgehead atoms. The summed E-state index contributed by atoms with van der Waals surface area (Å²) in [5.41, 5.74) is 3.66. The van der Waals surface area contributed by atoms with Crippen LogP contribution in [-0.4, -0.2) is 28.5 Å². The van der Waals surface area contributed by atoms with Crippen LogP contribution < -0.4 is 0 Å². The van der Waals surface area contributed by atoms with Crippen molar-refractivity contribution in [2.45, 2.75) is 50.7 Å². The minimum atomic E-state index is -0.401. The Balaban J connectivity index is 1.70. The second kappa shape index (κ2) is 5.46. The van der Waals surface area contributed by atoms with Gasteiger partial charge in [-0.3, -0.25) is 10.0 Å². The third-order valence-electron chi connectivity index (χ3n) is 5.34. The topological polar surface area (TPSA) is 51.8 Å². The van der Waals surface area contributed by atoms with Crippen molar-refractivity contribution in [3.63, 3.8) is 0 Å². The number of aliphatic imine (C=N–C) groups is 1. The van der Waals surface area contributed by atoms with Crippen LogP contribution in [0.5, 0.6) is 0 Å². The lowest BCUT2D eigenvalue weighted by Crippen LogP contribution is -2.46. The highest BCUT2D eigenvalue weighted by molar-refractivity contribution is 6.31. The van der Waals surface area contributed by atoms with E-state index in [0.717, 1.165) is 16.3 Å². The first-order chi connectivity index (χ1) is 11.5. The van der Waals surface area contributed by atoms with Gasteiger partial charge < -0.3 is 0 Å². The van der Waals surface area contributed by atoms with Crippen LogP contribution in [0.1, 0.15) is 43.7 Å². The molecule has 1 fully saturated rings. The number of nitrogens with zero attached hydrogens (tertiary/aromatic N) is 4. The first-order valence-electron chi connectivity index (χ1n) is 8.29. The van der Waals surface area contributed by atoms with Crippen LogP contribution in [0.2, 0.25) is 5.02 Å². The van der Waals surface area contributed by atoms with E-state index in [1.54, 1.807) is 6.21 Å².